The molecule has 24 heteroatoms. The predicted octanol–water partition coefficient (Wildman–Crippen LogP) is -0.986. The first kappa shape index (κ1) is 61.2. The number of carbonyl (C=O) groups excluding carboxylic acids is 2. The Bertz CT molecular complexity index is 1580. The van der Waals surface area contributed by atoms with Crippen LogP contribution in [0.1, 0.15) is 125 Å². The fourth-order valence-corrected chi connectivity index (χ4v) is 9.08. The maximum atomic E-state index is 12.5. The number of esters is 2. The maximum Gasteiger partial charge on any atom is 0.306 e. The fraction of sp³-hybridized carbons (Fsp3) is 0.936. The summed E-state index contributed by atoms with van der Waals surface area (Å²) in [7, 11) is 0. The van der Waals surface area contributed by atoms with Gasteiger partial charge in [-0.3, -0.25) is 14.4 Å². The van der Waals surface area contributed by atoms with Gasteiger partial charge < -0.3 is 104 Å². The average Bonchev–Trinajstić information content (AvgIpc) is 3.30. The van der Waals surface area contributed by atoms with E-state index in [0.29, 0.717) is 38.5 Å². The minimum atomic E-state index is -1.94. The zero-order valence-electron chi connectivity index (χ0n) is 41.6. The second-order valence-corrected chi connectivity index (χ2v) is 19.6. The number of carbonyl (C=O) groups is 3. The van der Waals surface area contributed by atoms with E-state index >= 15 is 0 Å². The molecule has 4 fully saturated rings. The Morgan fingerprint density at radius 3 is 1.63 bits per heavy atom. The number of carboxylic acid groups (broad SMARTS) is 1. The zero-order valence-corrected chi connectivity index (χ0v) is 41.6. The molecule has 22 atom stereocenters. The summed E-state index contributed by atoms with van der Waals surface area (Å²) in [5.41, 5.74) is 0. The minimum absolute atomic E-state index is 0.0254. The highest BCUT2D eigenvalue weighted by Crippen LogP contribution is 2.35. The van der Waals surface area contributed by atoms with Crippen LogP contribution >= 0.6 is 0 Å². The molecule has 4 aliphatic heterocycles. The smallest absolute Gasteiger partial charge is 0.306 e. The van der Waals surface area contributed by atoms with E-state index in [0.717, 1.165) is 39.0 Å². The van der Waals surface area contributed by atoms with E-state index < -0.39 is 166 Å². The second-order valence-electron chi connectivity index (χ2n) is 19.6. The van der Waals surface area contributed by atoms with Crippen molar-refractivity contribution in [1.82, 2.24) is 0 Å². The van der Waals surface area contributed by atoms with Crippen LogP contribution in [0.5, 0.6) is 0 Å². The second kappa shape index (κ2) is 29.7. The summed E-state index contributed by atoms with van der Waals surface area (Å²) in [6, 6.07) is 0. The SMILES string of the molecule is CCCC[C@H](CCCCCCCC[C@@H](O)CC(=O)O)O[C@@H]1O[C@H](CO[C@H]2O[C@H](C)[C@@H](OC(C)=O)[C@H](O)[C@@H]2O)[C@@H](O)[C@H](O)[C@H]1O[C@@H]1O[C@H](CO)[C@@H](O)[C@H](O)[C@H]1O[C@@H]1O[C@@H](C)[C@H](OC(=O)CC(C)C)[C@@H](O)[C@H]1O. The normalized spacial score (nSPS) is 38.7. The van der Waals surface area contributed by atoms with Gasteiger partial charge in [0.1, 0.15) is 73.2 Å². The lowest BCUT2D eigenvalue weighted by atomic mass is 9.96. The molecule has 0 aromatic carbocycles. The Kier molecular flexibility index (Phi) is 25.6. The molecule has 4 aliphatic rings. The van der Waals surface area contributed by atoms with Crippen molar-refractivity contribution < 1.29 is 118 Å². The first-order valence-corrected chi connectivity index (χ1v) is 25.1. The molecule has 24 nitrogen and oxygen atoms in total. The van der Waals surface area contributed by atoms with E-state index in [9.17, 15) is 65.4 Å². The molecule has 0 aromatic heterocycles. The van der Waals surface area contributed by atoms with Crippen molar-refractivity contribution in [1.29, 1.82) is 0 Å². The highest BCUT2D eigenvalue weighted by molar-refractivity contribution is 5.70. The van der Waals surface area contributed by atoms with Crippen LogP contribution in [0.25, 0.3) is 0 Å². The van der Waals surface area contributed by atoms with Crippen molar-refractivity contribution in [3.05, 3.63) is 0 Å². The largest absolute Gasteiger partial charge is 0.481 e. The van der Waals surface area contributed by atoms with Crippen LogP contribution in [0.15, 0.2) is 0 Å². The van der Waals surface area contributed by atoms with Gasteiger partial charge in [0.25, 0.3) is 0 Å². The molecular formula is C47H82O24. The molecule has 0 spiro atoms. The third-order valence-electron chi connectivity index (χ3n) is 13.1. The number of aliphatic carboxylic acids is 1. The molecule has 0 aliphatic carbocycles. The summed E-state index contributed by atoms with van der Waals surface area (Å²) in [6.45, 7) is 8.24. The molecule has 0 unspecified atom stereocenters. The number of hydrogen-bond acceptors (Lipinski definition) is 23. The van der Waals surface area contributed by atoms with Gasteiger partial charge in [-0.15, -0.1) is 0 Å². The number of ether oxygens (including phenoxy) is 10. The van der Waals surface area contributed by atoms with E-state index in [-0.39, 0.29) is 18.8 Å². The van der Waals surface area contributed by atoms with Gasteiger partial charge in [0.2, 0.25) is 0 Å². The number of rotatable bonds is 28. The molecule has 0 aromatic rings. The molecule has 0 bridgehead atoms. The Hall–Kier alpha value is -2.31. The van der Waals surface area contributed by atoms with Crippen LogP contribution in [-0.4, -0.2) is 222 Å². The van der Waals surface area contributed by atoms with Gasteiger partial charge in [-0.25, -0.2) is 0 Å². The zero-order chi connectivity index (χ0) is 52.7. The van der Waals surface area contributed by atoms with Gasteiger partial charge in [-0.05, 0) is 39.0 Å². The molecule has 414 valence electrons. The lowest BCUT2D eigenvalue weighted by Gasteiger charge is -2.49. The number of unbranched alkanes of at least 4 members (excludes halogenated alkanes) is 6. The van der Waals surface area contributed by atoms with Crippen LogP contribution in [0, 0.1) is 5.92 Å². The van der Waals surface area contributed by atoms with E-state index in [1.54, 1.807) is 13.8 Å². The number of aliphatic hydroxyl groups is 10. The number of carboxylic acids is 1. The molecule has 4 saturated heterocycles. The molecule has 4 heterocycles. The lowest BCUT2D eigenvalue weighted by Crippen LogP contribution is -2.67. The summed E-state index contributed by atoms with van der Waals surface area (Å²) in [5, 5.41) is 119. The van der Waals surface area contributed by atoms with Crippen molar-refractivity contribution in [3.63, 3.8) is 0 Å². The van der Waals surface area contributed by atoms with Crippen LogP contribution in [0.2, 0.25) is 0 Å². The van der Waals surface area contributed by atoms with Crippen molar-refractivity contribution in [3.8, 4) is 0 Å². The van der Waals surface area contributed by atoms with E-state index in [1.807, 2.05) is 6.92 Å². The van der Waals surface area contributed by atoms with Crippen molar-refractivity contribution >= 4 is 17.9 Å². The molecule has 71 heavy (non-hydrogen) atoms. The highest BCUT2D eigenvalue weighted by Gasteiger charge is 2.55. The highest BCUT2D eigenvalue weighted by atomic mass is 16.8. The predicted molar refractivity (Wildman–Crippen MR) is 241 cm³/mol. The summed E-state index contributed by atoms with van der Waals surface area (Å²) < 4.78 is 59.0. The maximum absolute atomic E-state index is 12.5. The summed E-state index contributed by atoms with van der Waals surface area (Å²) in [4.78, 5) is 35.0. The van der Waals surface area contributed by atoms with Crippen molar-refractivity contribution in [2.75, 3.05) is 13.2 Å². The fourth-order valence-electron chi connectivity index (χ4n) is 9.08. The first-order chi connectivity index (χ1) is 33.6. The number of hydrogen-bond donors (Lipinski definition) is 11. The van der Waals surface area contributed by atoms with E-state index in [2.05, 4.69) is 0 Å². The first-order valence-electron chi connectivity index (χ1n) is 25.1. The third kappa shape index (κ3) is 17.9. The standard InChI is InChI=1S/C47H82O24/c1-7-8-16-27(17-14-12-10-9-11-13-15-26(50)19-30(51)52)66-46-42(35(57)33(55)29(68-46)21-62-44-38(60)36(58)40(23(4)63-44)65-25(6)49)71-47-43(34(56)32(54)28(20-48)67-47)70-45-39(61)37(59)41(24(5)64-45)69-31(53)18-22(2)3/h22-24,26-29,32-48,50,54-61H,7-21H2,1-6H3,(H,51,52)/t23-,24+,26-,27-,28-,29-,32-,33-,34+,35+,36-,37+,38+,39-,40-,41+,42-,43-,44+,45+,46-,47+/m1/s1. The minimum Gasteiger partial charge on any atom is -0.481 e. The summed E-state index contributed by atoms with van der Waals surface area (Å²) in [5.74, 6) is -2.49. The van der Waals surface area contributed by atoms with Crippen LogP contribution in [0.4, 0.5) is 0 Å². The van der Waals surface area contributed by atoms with Gasteiger partial charge in [0.05, 0.1) is 44.1 Å². The topological polar surface area (TPSA) is 366 Å². The molecule has 0 saturated carbocycles. The van der Waals surface area contributed by atoms with Gasteiger partial charge in [-0.2, -0.15) is 0 Å². The molecule has 11 N–H and O–H groups in total. The molecule has 0 amide bonds. The van der Waals surface area contributed by atoms with Gasteiger partial charge in [-0.1, -0.05) is 72.1 Å². The molecular weight excluding hydrogens is 948 g/mol. The Balaban J connectivity index is 1.56. The van der Waals surface area contributed by atoms with Crippen LogP contribution in [0.3, 0.4) is 0 Å². The van der Waals surface area contributed by atoms with E-state index in [1.165, 1.54) is 13.8 Å². The van der Waals surface area contributed by atoms with Crippen molar-refractivity contribution in [2.24, 2.45) is 5.92 Å². The Morgan fingerprint density at radius 2 is 1.06 bits per heavy atom. The van der Waals surface area contributed by atoms with Crippen molar-refractivity contribution in [2.45, 2.75) is 260 Å². The number of aliphatic hydroxyl groups excluding tert-OH is 10. The van der Waals surface area contributed by atoms with Gasteiger partial charge in [0, 0.05) is 13.3 Å². The molecule has 4 rings (SSSR count). The summed E-state index contributed by atoms with van der Waals surface area (Å²) in [6.07, 6.45) is -26.3. The Labute approximate surface area is 414 Å². The van der Waals surface area contributed by atoms with E-state index in [4.69, 9.17) is 52.5 Å². The lowest BCUT2D eigenvalue weighted by molar-refractivity contribution is -0.396. The quantitative estimate of drug-likeness (QED) is 0.0331. The summed E-state index contributed by atoms with van der Waals surface area (Å²) >= 11 is 0. The Morgan fingerprint density at radius 1 is 0.563 bits per heavy atom. The van der Waals surface area contributed by atoms with Crippen LogP contribution in [-0.2, 0) is 61.8 Å². The molecule has 0 radical (unpaired) electrons. The average molecular weight is 1030 g/mol. The van der Waals surface area contributed by atoms with Gasteiger partial charge in [0.15, 0.2) is 37.4 Å². The van der Waals surface area contributed by atoms with Gasteiger partial charge >= 0.3 is 17.9 Å². The monoisotopic (exact) mass is 1030 g/mol. The third-order valence-corrected chi connectivity index (χ3v) is 13.1. The van der Waals surface area contributed by atoms with Crippen LogP contribution < -0.4 is 0 Å².